The summed E-state index contributed by atoms with van der Waals surface area (Å²) in [6, 6.07) is 6.77. The van der Waals surface area contributed by atoms with Crippen molar-refractivity contribution < 1.29 is 18.3 Å². The average Bonchev–Trinajstić information content (AvgIpc) is 2.36. The van der Waals surface area contributed by atoms with Gasteiger partial charge in [-0.05, 0) is 18.9 Å². The number of benzene rings is 1. The van der Waals surface area contributed by atoms with Crippen molar-refractivity contribution in [2.24, 2.45) is 5.92 Å². The van der Waals surface area contributed by atoms with Crippen LogP contribution < -0.4 is 10.1 Å². The highest BCUT2D eigenvalue weighted by atomic mass is 19.3. The molecule has 2 atom stereocenters. The Hall–Kier alpha value is -1.20. The molecule has 5 heteroatoms. The van der Waals surface area contributed by atoms with E-state index in [1.807, 2.05) is 13.0 Å². The summed E-state index contributed by atoms with van der Waals surface area (Å²) in [5, 5.41) is 3.29. The number of methoxy groups -OCH3 is 1. The topological polar surface area (TPSA) is 30.5 Å². The van der Waals surface area contributed by atoms with Crippen molar-refractivity contribution in [1.29, 1.82) is 0 Å². The normalized spacial score (nSPS) is 14.4. The molecule has 0 heterocycles. The first-order valence-corrected chi connectivity index (χ1v) is 6.30. The van der Waals surface area contributed by atoms with Gasteiger partial charge in [0.15, 0.2) is 0 Å². The van der Waals surface area contributed by atoms with Crippen LogP contribution >= 0.6 is 0 Å². The second-order valence-electron chi connectivity index (χ2n) is 4.61. The maximum atomic E-state index is 12.3. The molecule has 0 aromatic heterocycles. The van der Waals surface area contributed by atoms with Crippen LogP contribution in [0.1, 0.15) is 25.5 Å². The van der Waals surface area contributed by atoms with Gasteiger partial charge in [-0.15, -0.1) is 0 Å². The van der Waals surface area contributed by atoms with Crippen LogP contribution in [0.3, 0.4) is 0 Å². The Morgan fingerprint density at radius 2 is 1.89 bits per heavy atom. The Kier molecular flexibility index (Phi) is 6.73. The first-order chi connectivity index (χ1) is 9.04. The summed E-state index contributed by atoms with van der Waals surface area (Å²) in [4.78, 5) is 0. The quantitative estimate of drug-likeness (QED) is 0.789. The smallest absolute Gasteiger partial charge is 0.387 e. The van der Waals surface area contributed by atoms with Gasteiger partial charge in [0.25, 0.3) is 0 Å². The third-order valence-corrected chi connectivity index (χ3v) is 2.83. The SMILES string of the molecule is COCC(C)CNC(C)c1ccccc1OC(F)F. The molecule has 1 N–H and O–H groups in total. The van der Waals surface area contributed by atoms with Gasteiger partial charge in [-0.2, -0.15) is 8.78 Å². The van der Waals surface area contributed by atoms with E-state index in [-0.39, 0.29) is 11.8 Å². The van der Waals surface area contributed by atoms with Crippen LogP contribution in [0.25, 0.3) is 0 Å². The summed E-state index contributed by atoms with van der Waals surface area (Å²) in [5.41, 5.74) is 0.729. The second kappa shape index (κ2) is 8.07. The van der Waals surface area contributed by atoms with E-state index in [4.69, 9.17) is 4.74 Å². The molecule has 0 saturated heterocycles. The van der Waals surface area contributed by atoms with E-state index in [9.17, 15) is 8.78 Å². The summed E-state index contributed by atoms with van der Waals surface area (Å²) in [6.45, 7) is 2.59. The molecule has 0 aliphatic rings. The molecule has 3 nitrogen and oxygen atoms in total. The first kappa shape index (κ1) is 15.9. The second-order valence-corrected chi connectivity index (χ2v) is 4.61. The molecule has 1 rings (SSSR count). The fraction of sp³-hybridized carbons (Fsp3) is 0.571. The Bertz CT molecular complexity index is 374. The Morgan fingerprint density at radius 1 is 1.21 bits per heavy atom. The molecule has 0 spiro atoms. The highest BCUT2D eigenvalue weighted by molar-refractivity contribution is 5.35. The predicted molar refractivity (Wildman–Crippen MR) is 70.5 cm³/mol. The molecule has 0 saturated carbocycles. The lowest BCUT2D eigenvalue weighted by Crippen LogP contribution is -2.27. The summed E-state index contributed by atoms with van der Waals surface area (Å²) >= 11 is 0. The fourth-order valence-corrected chi connectivity index (χ4v) is 1.87. The summed E-state index contributed by atoms with van der Waals surface area (Å²) in [6.07, 6.45) is 0. The molecule has 1 aromatic rings. The molecule has 108 valence electrons. The van der Waals surface area contributed by atoms with Crippen LogP contribution in [0.15, 0.2) is 24.3 Å². The Morgan fingerprint density at radius 3 is 2.53 bits per heavy atom. The summed E-state index contributed by atoms with van der Waals surface area (Å²) < 4.78 is 34.2. The zero-order valence-corrected chi connectivity index (χ0v) is 11.5. The number of halogens is 2. The maximum absolute atomic E-state index is 12.3. The minimum Gasteiger partial charge on any atom is -0.434 e. The number of hydrogen-bond donors (Lipinski definition) is 1. The molecule has 0 fully saturated rings. The van der Waals surface area contributed by atoms with Crippen LogP contribution in [-0.2, 0) is 4.74 Å². The highest BCUT2D eigenvalue weighted by Crippen LogP contribution is 2.26. The molecular formula is C14H21F2NO2. The van der Waals surface area contributed by atoms with Crippen LogP contribution in [0.4, 0.5) is 8.78 Å². The van der Waals surface area contributed by atoms with E-state index in [1.165, 1.54) is 0 Å². The van der Waals surface area contributed by atoms with Crippen LogP contribution in [0.5, 0.6) is 5.75 Å². The lowest BCUT2D eigenvalue weighted by atomic mass is 10.1. The lowest BCUT2D eigenvalue weighted by Gasteiger charge is -2.20. The number of hydrogen-bond acceptors (Lipinski definition) is 3. The van der Waals surface area contributed by atoms with Crippen molar-refractivity contribution >= 4 is 0 Å². The van der Waals surface area contributed by atoms with E-state index in [0.717, 1.165) is 12.1 Å². The molecule has 0 bridgehead atoms. The summed E-state index contributed by atoms with van der Waals surface area (Å²) in [5.74, 6) is 0.576. The molecule has 2 unspecified atom stereocenters. The minimum absolute atomic E-state index is 0.0609. The number of nitrogens with one attached hydrogen (secondary N) is 1. The van der Waals surface area contributed by atoms with Crippen molar-refractivity contribution in [2.75, 3.05) is 20.3 Å². The van der Waals surface area contributed by atoms with Gasteiger partial charge >= 0.3 is 6.61 Å². The van der Waals surface area contributed by atoms with E-state index < -0.39 is 6.61 Å². The van der Waals surface area contributed by atoms with Crippen molar-refractivity contribution in [3.05, 3.63) is 29.8 Å². The van der Waals surface area contributed by atoms with Crippen molar-refractivity contribution in [1.82, 2.24) is 5.32 Å². The third kappa shape index (κ3) is 5.53. The zero-order chi connectivity index (χ0) is 14.3. The van der Waals surface area contributed by atoms with Gasteiger partial charge in [-0.25, -0.2) is 0 Å². The minimum atomic E-state index is -2.80. The lowest BCUT2D eigenvalue weighted by molar-refractivity contribution is -0.0506. The molecule has 19 heavy (non-hydrogen) atoms. The van der Waals surface area contributed by atoms with E-state index in [2.05, 4.69) is 17.0 Å². The van der Waals surface area contributed by atoms with Gasteiger partial charge in [0.1, 0.15) is 5.75 Å². The number of ether oxygens (including phenoxy) is 2. The molecule has 0 aliphatic heterocycles. The molecule has 0 aliphatic carbocycles. The van der Waals surface area contributed by atoms with Crippen LogP contribution in [0.2, 0.25) is 0 Å². The number of para-hydroxylation sites is 1. The zero-order valence-electron chi connectivity index (χ0n) is 11.5. The third-order valence-electron chi connectivity index (χ3n) is 2.83. The summed E-state index contributed by atoms with van der Waals surface area (Å²) in [7, 11) is 1.66. The van der Waals surface area contributed by atoms with Crippen molar-refractivity contribution in [3.63, 3.8) is 0 Å². The average molecular weight is 273 g/mol. The predicted octanol–water partition coefficient (Wildman–Crippen LogP) is 3.22. The Balaban J connectivity index is 2.63. The van der Waals surface area contributed by atoms with Gasteiger partial charge in [-0.1, -0.05) is 25.1 Å². The largest absolute Gasteiger partial charge is 0.434 e. The van der Waals surface area contributed by atoms with Gasteiger partial charge in [0.2, 0.25) is 0 Å². The van der Waals surface area contributed by atoms with E-state index in [1.54, 1.807) is 25.3 Å². The van der Waals surface area contributed by atoms with Crippen LogP contribution in [0, 0.1) is 5.92 Å². The molecule has 1 aromatic carbocycles. The fourth-order valence-electron chi connectivity index (χ4n) is 1.87. The van der Waals surface area contributed by atoms with Gasteiger partial charge in [0.05, 0.1) is 0 Å². The molecule has 0 radical (unpaired) electrons. The van der Waals surface area contributed by atoms with E-state index in [0.29, 0.717) is 12.5 Å². The monoisotopic (exact) mass is 273 g/mol. The molecule has 0 amide bonds. The first-order valence-electron chi connectivity index (χ1n) is 6.30. The highest BCUT2D eigenvalue weighted by Gasteiger charge is 2.14. The number of rotatable bonds is 8. The Labute approximate surface area is 112 Å². The van der Waals surface area contributed by atoms with Crippen molar-refractivity contribution in [2.45, 2.75) is 26.5 Å². The number of alkyl halides is 2. The van der Waals surface area contributed by atoms with Gasteiger partial charge < -0.3 is 14.8 Å². The van der Waals surface area contributed by atoms with E-state index >= 15 is 0 Å². The molecular weight excluding hydrogens is 252 g/mol. The van der Waals surface area contributed by atoms with Gasteiger partial charge in [0, 0.05) is 31.9 Å². The van der Waals surface area contributed by atoms with Crippen molar-refractivity contribution in [3.8, 4) is 5.75 Å². The van der Waals surface area contributed by atoms with Gasteiger partial charge in [-0.3, -0.25) is 0 Å². The van der Waals surface area contributed by atoms with Crippen LogP contribution in [-0.4, -0.2) is 26.9 Å². The maximum Gasteiger partial charge on any atom is 0.387 e. The standard InChI is InChI=1S/C14H21F2NO2/c1-10(9-18-3)8-17-11(2)12-6-4-5-7-13(12)19-14(15)16/h4-7,10-11,14,17H,8-9H2,1-3H3.